The van der Waals surface area contributed by atoms with Crippen molar-refractivity contribution in [3.8, 4) is 0 Å². The average molecular weight is 353 g/mol. The van der Waals surface area contributed by atoms with Crippen molar-refractivity contribution in [1.29, 1.82) is 0 Å². The Labute approximate surface area is 133 Å². The van der Waals surface area contributed by atoms with E-state index in [1.807, 2.05) is 5.32 Å². The minimum absolute atomic E-state index is 0.00764. The van der Waals surface area contributed by atoms with Gasteiger partial charge in [-0.25, -0.2) is 4.79 Å². The summed E-state index contributed by atoms with van der Waals surface area (Å²) < 4.78 is 76.4. The summed E-state index contributed by atoms with van der Waals surface area (Å²) in [6.07, 6.45) is -8.67. The number of aliphatic imine (C=N–C) groups is 1. The highest BCUT2D eigenvalue weighted by Crippen LogP contribution is 2.37. The second-order valence-corrected chi connectivity index (χ2v) is 5.28. The highest BCUT2D eigenvalue weighted by molar-refractivity contribution is 6.00. The molecule has 4 nitrogen and oxygen atoms in total. The fraction of sp³-hybridized carbons (Fsp3) is 0.429. The summed E-state index contributed by atoms with van der Waals surface area (Å²) in [6, 6.07) is -0.157. The Morgan fingerprint density at radius 3 is 2.04 bits per heavy atom. The van der Waals surface area contributed by atoms with Crippen LogP contribution in [0.1, 0.15) is 24.0 Å². The maximum absolute atomic E-state index is 12.7. The summed E-state index contributed by atoms with van der Waals surface area (Å²) in [6.45, 7) is 0.674. The number of carbonyl (C=O) groups is 1. The smallest absolute Gasteiger partial charge is 0.363 e. The molecule has 1 aliphatic heterocycles. The summed E-state index contributed by atoms with van der Waals surface area (Å²) in [5.74, 6) is 0.426. The van der Waals surface area contributed by atoms with Gasteiger partial charge in [0.25, 0.3) is 0 Å². The van der Waals surface area contributed by atoms with E-state index in [0.29, 0.717) is 30.9 Å². The Balaban J connectivity index is 2.30. The van der Waals surface area contributed by atoms with E-state index in [1.54, 1.807) is 11.9 Å². The van der Waals surface area contributed by atoms with Crippen molar-refractivity contribution in [2.24, 2.45) is 4.99 Å². The van der Waals surface area contributed by atoms with Crippen LogP contribution < -0.4 is 5.32 Å². The Kier molecular flexibility index (Phi) is 4.77. The number of alkyl halides is 6. The Morgan fingerprint density at radius 1 is 1.08 bits per heavy atom. The van der Waals surface area contributed by atoms with Gasteiger partial charge in [-0.3, -0.25) is 0 Å². The first-order valence-electron chi connectivity index (χ1n) is 6.86. The molecule has 0 spiro atoms. The minimum Gasteiger partial charge on any atom is -0.363 e. The van der Waals surface area contributed by atoms with Crippen LogP contribution in [0.25, 0.3) is 0 Å². The largest absolute Gasteiger partial charge is 0.416 e. The van der Waals surface area contributed by atoms with Gasteiger partial charge in [-0.2, -0.15) is 31.3 Å². The molecule has 1 aromatic rings. The number of benzene rings is 1. The van der Waals surface area contributed by atoms with Crippen LogP contribution in [0.4, 0.5) is 36.8 Å². The zero-order valence-electron chi connectivity index (χ0n) is 12.4. The SMILES string of the molecule is CN1CCC/C1=N\C(=O)Nc1cc(C(F)(F)F)cc(C(F)(F)F)c1. The van der Waals surface area contributed by atoms with Crippen molar-refractivity contribution in [3.63, 3.8) is 0 Å². The second kappa shape index (κ2) is 6.33. The molecular formula is C14H13F6N3O. The Hall–Kier alpha value is -2.26. The second-order valence-electron chi connectivity index (χ2n) is 5.28. The Morgan fingerprint density at radius 2 is 1.62 bits per heavy atom. The molecule has 0 saturated carbocycles. The lowest BCUT2D eigenvalue weighted by Crippen LogP contribution is -2.22. The van der Waals surface area contributed by atoms with E-state index in [2.05, 4.69) is 4.99 Å². The number of amidine groups is 1. The molecule has 0 aliphatic carbocycles. The molecule has 0 radical (unpaired) electrons. The first-order chi connectivity index (χ1) is 11.0. The molecule has 132 valence electrons. The predicted molar refractivity (Wildman–Crippen MR) is 74.8 cm³/mol. The molecule has 1 aromatic carbocycles. The third-order valence-corrected chi connectivity index (χ3v) is 3.40. The van der Waals surface area contributed by atoms with E-state index >= 15 is 0 Å². The predicted octanol–water partition coefficient (Wildman–Crippen LogP) is 4.38. The molecular weight excluding hydrogens is 340 g/mol. The third kappa shape index (κ3) is 4.39. The van der Waals surface area contributed by atoms with Crippen molar-refractivity contribution in [2.45, 2.75) is 25.2 Å². The van der Waals surface area contributed by atoms with Crippen molar-refractivity contribution >= 4 is 17.6 Å². The van der Waals surface area contributed by atoms with E-state index in [0.717, 1.165) is 6.42 Å². The molecule has 1 aliphatic rings. The highest BCUT2D eigenvalue weighted by atomic mass is 19.4. The van der Waals surface area contributed by atoms with Crippen molar-refractivity contribution < 1.29 is 31.1 Å². The molecule has 1 saturated heterocycles. The molecule has 1 fully saturated rings. The Bertz CT molecular complexity index is 633. The summed E-state index contributed by atoms with van der Waals surface area (Å²) in [5.41, 5.74) is -3.62. The van der Waals surface area contributed by atoms with E-state index in [-0.39, 0.29) is 6.07 Å². The first-order valence-corrected chi connectivity index (χ1v) is 6.86. The standard InChI is InChI=1S/C14H13F6N3O/c1-23-4-2-3-11(23)22-12(24)21-10-6-8(13(15,16)17)5-9(7-10)14(18,19)20/h5-7H,2-4H2,1H3,(H,21,24)/b22-11+. The zero-order chi connectivity index (χ0) is 18.1. The topological polar surface area (TPSA) is 44.7 Å². The normalized spacial score (nSPS) is 17.5. The van der Waals surface area contributed by atoms with Gasteiger partial charge < -0.3 is 10.2 Å². The van der Waals surface area contributed by atoms with Gasteiger partial charge in [0.2, 0.25) is 0 Å². The highest BCUT2D eigenvalue weighted by Gasteiger charge is 2.37. The van der Waals surface area contributed by atoms with Crippen LogP contribution in [0.5, 0.6) is 0 Å². The number of carbonyl (C=O) groups excluding carboxylic acids is 1. The molecule has 2 amide bonds. The number of amides is 2. The number of hydrogen-bond donors (Lipinski definition) is 1. The van der Waals surface area contributed by atoms with E-state index in [4.69, 9.17) is 0 Å². The van der Waals surface area contributed by atoms with Gasteiger partial charge in [-0.15, -0.1) is 0 Å². The summed E-state index contributed by atoms with van der Waals surface area (Å²) in [4.78, 5) is 17.1. The summed E-state index contributed by atoms with van der Waals surface area (Å²) >= 11 is 0. The van der Waals surface area contributed by atoms with E-state index in [1.165, 1.54) is 0 Å². The molecule has 1 N–H and O–H groups in total. The van der Waals surface area contributed by atoms with Crippen LogP contribution in [0, 0.1) is 0 Å². The lowest BCUT2D eigenvalue weighted by atomic mass is 10.1. The number of urea groups is 1. The molecule has 2 rings (SSSR count). The fourth-order valence-electron chi connectivity index (χ4n) is 2.23. The van der Waals surface area contributed by atoms with Crippen LogP contribution in [0.15, 0.2) is 23.2 Å². The molecule has 0 atom stereocenters. The number of likely N-dealkylation sites (tertiary alicyclic amines) is 1. The molecule has 1 heterocycles. The minimum atomic E-state index is -4.97. The van der Waals surface area contributed by atoms with Crippen molar-refractivity contribution in [3.05, 3.63) is 29.3 Å². The van der Waals surface area contributed by atoms with Crippen LogP contribution in [-0.2, 0) is 12.4 Å². The van der Waals surface area contributed by atoms with Gasteiger partial charge in [0.05, 0.1) is 11.1 Å². The monoisotopic (exact) mass is 353 g/mol. The lowest BCUT2D eigenvalue weighted by Gasteiger charge is -2.14. The van der Waals surface area contributed by atoms with Crippen molar-refractivity contribution in [2.75, 3.05) is 18.9 Å². The molecule has 0 bridgehead atoms. The molecule has 0 unspecified atom stereocenters. The number of hydrogen-bond acceptors (Lipinski definition) is 1. The number of nitrogens with zero attached hydrogens (tertiary/aromatic N) is 2. The van der Waals surface area contributed by atoms with Crippen molar-refractivity contribution in [1.82, 2.24) is 4.90 Å². The van der Waals surface area contributed by atoms with Crippen LogP contribution >= 0.6 is 0 Å². The molecule has 0 aromatic heterocycles. The van der Waals surface area contributed by atoms with Crippen LogP contribution in [0.2, 0.25) is 0 Å². The maximum atomic E-state index is 12.7. The fourth-order valence-corrected chi connectivity index (χ4v) is 2.23. The van der Waals surface area contributed by atoms with Gasteiger partial charge in [0.15, 0.2) is 0 Å². The zero-order valence-corrected chi connectivity index (χ0v) is 12.4. The van der Waals surface area contributed by atoms with Gasteiger partial charge in [0, 0.05) is 25.7 Å². The van der Waals surface area contributed by atoms with Gasteiger partial charge in [-0.05, 0) is 24.6 Å². The van der Waals surface area contributed by atoms with Crippen LogP contribution in [0.3, 0.4) is 0 Å². The third-order valence-electron chi connectivity index (χ3n) is 3.40. The number of anilines is 1. The number of nitrogens with one attached hydrogen (secondary N) is 1. The number of halogens is 6. The lowest BCUT2D eigenvalue weighted by molar-refractivity contribution is -0.143. The summed E-state index contributed by atoms with van der Waals surface area (Å²) in [5, 5.41) is 1.96. The maximum Gasteiger partial charge on any atom is 0.416 e. The van der Waals surface area contributed by atoms with E-state index < -0.39 is 35.2 Å². The van der Waals surface area contributed by atoms with E-state index in [9.17, 15) is 31.1 Å². The van der Waals surface area contributed by atoms with Gasteiger partial charge in [0.1, 0.15) is 5.84 Å². The molecule has 24 heavy (non-hydrogen) atoms. The van der Waals surface area contributed by atoms with Crippen LogP contribution in [-0.4, -0.2) is 30.4 Å². The first kappa shape index (κ1) is 18.1. The number of rotatable bonds is 1. The average Bonchev–Trinajstić information content (AvgIpc) is 2.81. The van der Waals surface area contributed by atoms with Gasteiger partial charge in [-0.1, -0.05) is 0 Å². The molecule has 10 heteroatoms. The van der Waals surface area contributed by atoms with Gasteiger partial charge >= 0.3 is 18.4 Å². The summed E-state index contributed by atoms with van der Waals surface area (Å²) in [7, 11) is 1.69. The quantitative estimate of drug-likeness (QED) is 0.762.